The van der Waals surface area contributed by atoms with E-state index in [1.165, 1.54) is 0 Å². The van der Waals surface area contributed by atoms with Crippen LogP contribution in [-0.2, 0) is 11.3 Å². The van der Waals surface area contributed by atoms with Crippen molar-refractivity contribution in [2.45, 2.75) is 20.5 Å². The maximum Gasteiger partial charge on any atom is 0.338 e. The summed E-state index contributed by atoms with van der Waals surface area (Å²) in [7, 11) is 0. The molecule has 2 N–H and O–H groups in total. The predicted molar refractivity (Wildman–Crippen MR) is 63.7 cm³/mol. The van der Waals surface area contributed by atoms with E-state index in [0.717, 1.165) is 5.56 Å². The van der Waals surface area contributed by atoms with Crippen LogP contribution in [0.1, 0.15) is 27.3 Å². The molecule has 2 rings (SSSR count). The van der Waals surface area contributed by atoms with Crippen molar-refractivity contribution in [2.75, 3.05) is 5.73 Å². The van der Waals surface area contributed by atoms with Gasteiger partial charge in [-0.15, -0.1) is 0 Å². The zero-order valence-electron chi connectivity index (χ0n) is 10.1. The smallest absolute Gasteiger partial charge is 0.338 e. The topological polar surface area (TPSA) is 91.2 Å². The lowest BCUT2D eigenvalue weighted by atomic mass is 10.1. The van der Waals surface area contributed by atoms with E-state index in [0.29, 0.717) is 22.6 Å². The molecule has 6 heteroatoms. The van der Waals surface area contributed by atoms with Gasteiger partial charge in [-0.05, 0) is 37.6 Å². The number of hydrogen-bond acceptors (Lipinski definition) is 6. The Morgan fingerprint density at radius 3 is 2.72 bits per heavy atom. The van der Waals surface area contributed by atoms with Crippen LogP contribution in [0, 0.1) is 13.8 Å². The maximum absolute atomic E-state index is 11.8. The molecule has 0 bridgehead atoms. The summed E-state index contributed by atoms with van der Waals surface area (Å²) < 4.78 is 9.62. The maximum atomic E-state index is 11.8. The molecular formula is C12H13N3O3. The molecule has 0 atom stereocenters. The molecule has 0 spiro atoms. The van der Waals surface area contributed by atoms with E-state index >= 15 is 0 Å². The number of carbonyl (C=O) groups is 1. The number of rotatable bonds is 3. The number of nitrogens with two attached hydrogens (primary N) is 1. The standard InChI is InChI=1S/C12H13N3O3/c1-7-3-9(5-10(13)4-7)12(16)17-6-11-8(2)14-18-15-11/h3-5H,6,13H2,1-2H3. The molecule has 6 nitrogen and oxygen atoms in total. The lowest BCUT2D eigenvalue weighted by Gasteiger charge is -2.05. The number of ether oxygens (including phenoxy) is 1. The van der Waals surface area contributed by atoms with E-state index in [1.807, 2.05) is 6.92 Å². The second-order valence-electron chi connectivity index (χ2n) is 4.00. The highest BCUT2D eigenvalue weighted by atomic mass is 16.6. The quantitative estimate of drug-likeness (QED) is 0.654. The SMILES string of the molecule is Cc1cc(N)cc(C(=O)OCc2nonc2C)c1. The number of aromatic nitrogens is 2. The first-order chi connectivity index (χ1) is 8.56. The molecule has 0 amide bonds. The van der Waals surface area contributed by atoms with Crippen molar-refractivity contribution >= 4 is 11.7 Å². The molecule has 0 fully saturated rings. The first kappa shape index (κ1) is 12.1. The van der Waals surface area contributed by atoms with Gasteiger partial charge in [0.1, 0.15) is 18.0 Å². The number of nitrogens with zero attached hydrogens (tertiary/aromatic N) is 2. The largest absolute Gasteiger partial charge is 0.455 e. The Morgan fingerprint density at radius 2 is 2.11 bits per heavy atom. The van der Waals surface area contributed by atoms with E-state index in [-0.39, 0.29) is 6.61 Å². The van der Waals surface area contributed by atoms with Crippen LogP contribution in [0.25, 0.3) is 0 Å². The number of anilines is 1. The Morgan fingerprint density at radius 1 is 1.33 bits per heavy atom. The van der Waals surface area contributed by atoms with Gasteiger partial charge in [-0.25, -0.2) is 9.42 Å². The van der Waals surface area contributed by atoms with E-state index in [1.54, 1.807) is 25.1 Å². The van der Waals surface area contributed by atoms with Crippen molar-refractivity contribution in [1.29, 1.82) is 0 Å². The second kappa shape index (κ2) is 4.87. The van der Waals surface area contributed by atoms with E-state index < -0.39 is 5.97 Å². The Balaban J connectivity index is 2.06. The van der Waals surface area contributed by atoms with Crippen molar-refractivity contribution in [3.63, 3.8) is 0 Å². The summed E-state index contributed by atoms with van der Waals surface area (Å²) in [6, 6.07) is 5.07. The molecule has 0 saturated heterocycles. The minimum atomic E-state index is -0.451. The fourth-order valence-electron chi connectivity index (χ4n) is 1.53. The molecule has 18 heavy (non-hydrogen) atoms. The zero-order valence-corrected chi connectivity index (χ0v) is 10.1. The van der Waals surface area contributed by atoms with Crippen LogP contribution in [0.3, 0.4) is 0 Å². The van der Waals surface area contributed by atoms with E-state index in [9.17, 15) is 4.79 Å². The number of carbonyl (C=O) groups excluding carboxylic acids is 1. The number of hydrogen-bond donors (Lipinski definition) is 1. The van der Waals surface area contributed by atoms with Crippen molar-refractivity contribution in [1.82, 2.24) is 10.3 Å². The summed E-state index contributed by atoms with van der Waals surface area (Å²) in [5, 5.41) is 7.23. The van der Waals surface area contributed by atoms with Crippen LogP contribution in [0.5, 0.6) is 0 Å². The van der Waals surface area contributed by atoms with Gasteiger partial charge in [-0.3, -0.25) is 0 Å². The number of esters is 1. The van der Waals surface area contributed by atoms with Crippen LogP contribution in [-0.4, -0.2) is 16.3 Å². The number of aryl methyl sites for hydroxylation is 2. The molecule has 0 radical (unpaired) electrons. The van der Waals surface area contributed by atoms with Crippen molar-refractivity contribution in [3.8, 4) is 0 Å². The summed E-state index contributed by atoms with van der Waals surface area (Å²) in [6.07, 6.45) is 0. The lowest BCUT2D eigenvalue weighted by molar-refractivity contribution is 0.0463. The van der Waals surface area contributed by atoms with Gasteiger partial charge >= 0.3 is 5.97 Å². The Kier molecular flexibility index (Phi) is 3.27. The second-order valence-corrected chi connectivity index (χ2v) is 4.00. The van der Waals surface area contributed by atoms with Crippen LogP contribution < -0.4 is 5.73 Å². The van der Waals surface area contributed by atoms with Crippen LogP contribution >= 0.6 is 0 Å². The third-order valence-electron chi connectivity index (χ3n) is 2.42. The van der Waals surface area contributed by atoms with Gasteiger partial charge in [0.05, 0.1) is 5.56 Å². The third kappa shape index (κ3) is 2.65. The van der Waals surface area contributed by atoms with E-state index in [4.69, 9.17) is 10.5 Å². The number of benzene rings is 1. The molecule has 0 aliphatic heterocycles. The molecule has 94 valence electrons. The summed E-state index contributed by atoms with van der Waals surface area (Å²) in [5.74, 6) is -0.451. The third-order valence-corrected chi connectivity index (χ3v) is 2.42. The molecule has 2 aromatic rings. The fourth-order valence-corrected chi connectivity index (χ4v) is 1.53. The Labute approximate surface area is 104 Å². The molecule has 0 aliphatic rings. The van der Waals surface area contributed by atoms with Crippen molar-refractivity contribution in [2.24, 2.45) is 0 Å². The molecule has 0 unspecified atom stereocenters. The van der Waals surface area contributed by atoms with Crippen molar-refractivity contribution in [3.05, 3.63) is 40.7 Å². The first-order valence-corrected chi connectivity index (χ1v) is 5.38. The number of nitrogen functional groups attached to an aromatic ring is 1. The highest BCUT2D eigenvalue weighted by molar-refractivity contribution is 5.90. The minimum Gasteiger partial charge on any atom is -0.455 e. The van der Waals surface area contributed by atoms with Gasteiger partial charge < -0.3 is 10.5 Å². The molecule has 1 aromatic carbocycles. The van der Waals surface area contributed by atoms with Crippen LogP contribution in [0.15, 0.2) is 22.8 Å². The average Bonchev–Trinajstić information content (AvgIpc) is 2.70. The lowest BCUT2D eigenvalue weighted by Crippen LogP contribution is -2.07. The van der Waals surface area contributed by atoms with Crippen LogP contribution in [0.4, 0.5) is 5.69 Å². The van der Waals surface area contributed by atoms with Gasteiger partial charge in [-0.2, -0.15) is 0 Å². The van der Waals surface area contributed by atoms with Gasteiger partial charge in [-0.1, -0.05) is 10.3 Å². The molecule has 1 aromatic heterocycles. The Hall–Kier alpha value is -2.37. The first-order valence-electron chi connectivity index (χ1n) is 5.38. The molecule has 0 saturated carbocycles. The van der Waals surface area contributed by atoms with E-state index in [2.05, 4.69) is 14.9 Å². The molecular weight excluding hydrogens is 234 g/mol. The summed E-state index contributed by atoms with van der Waals surface area (Å²) in [5.41, 5.74) is 8.62. The summed E-state index contributed by atoms with van der Waals surface area (Å²) >= 11 is 0. The van der Waals surface area contributed by atoms with Gasteiger partial charge in [0, 0.05) is 5.69 Å². The summed E-state index contributed by atoms with van der Waals surface area (Å²) in [6.45, 7) is 3.62. The average molecular weight is 247 g/mol. The van der Waals surface area contributed by atoms with Crippen LogP contribution in [0.2, 0.25) is 0 Å². The zero-order chi connectivity index (χ0) is 13.1. The van der Waals surface area contributed by atoms with Gasteiger partial charge in [0.25, 0.3) is 0 Å². The molecule has 0 aliphatic carbocycles. The molecule has 1 heterocycles. The minimum absolute atomic E-state index is 0.0298. The predicted octanol–water partition coefficient (Wildman–Crippen LogP) is 1.63. The van der Waals surface area contributed by atoms with Gasteiger partial charge in [0.2, 0.25) is 0 Å². The Bertz CT molecular complexity index is 557. The highest BCUT2D eigenvalue weighted by Gasteiger charge is 2.12. The summed E-state index contributed by atoms with van der Waals surface area (Å²) in [4.78, 5) is 11.8. The normalized spacial score (nSPS) is 10.3. The highest BCUT2D eigenvalue weighted by Crippen LogP contribution is 2.13. The van der Waals surface area contributed by atoms with Gasteiger partial charge in [0.15, 0.2) is 0 Å². The monoisotopic (exact) mass is 247 g/mol. The van der Waals surface area contributed by atoms with Crippen molar-refractivity contribution < 1.29 is 14.2 Å². The fraction of sp³-hybridized carbons (Fsp3) is 0.250.